The zero-order chi connectivity index (χ0) is 13.4. The van der Waals surface area contributed by atoms with Gasteiger partial charge >= 0.3 is 0 Å². The first kappa shape index (κ1) is 12.1. The number of carbonyl (C=O) groups excluding carboxylic acids is 1. The zero-order valence-electron chi connectivity index (χ0n) is 10.8. The topological polar surface area (TPSA) is 17.1 Å². The standard InChI is InChI=1S/C17H15FO/c1-11-7-8-13(18)9-14(11)17(19)16-10-15(16)12-5-3-2-4-6-12/h2-9,15-16H,10H2,1H3. The number of benzene rings is 2. The average Bonchev–Trinajstić information content (AvgIpc) is 3.22. The molecule has 0 N–H and O–H groups in total. The van der Waals surface area contributed by atoms with E-state index in [2.05, 4.69) is 12.1 Å². The van der Waals surface area contributed by atoms with Crippen LogP contribution in [0.5, 0.6) is 0 Å². The summed E-state index contributed by atoms with van der Waals surface area (Å²) in [6.45, 7) is 1.85. The summed E-state index contributed by atoms with van der Waals surface area (Å²) in [4.78, 5) is 12.4. The fourth-order valence-electron chi connectivity index (χ4n) is 2.61. The molecule has 0 heterocycles. The van der Waals surface area contributed by atoms with Crippen LogP contribution in [0.4, 0.5) is 4.39 Å². The van der Waals surface area contributed by atoms with Crippen molar-refractivity contribution in [3.05, 3.63) is 71.0 Å². The van der Waals surface area contributed by atoms with E-state index in [9.17, 15) is 9.18 Å². The summed E-state index contributed by atoms with van der Waals surface area (Å²) in [6.07, 6.45) is 0.874. The highest BCUT2D eigenvalue weighted by Crippen LogP contribution is 2.49. The third-order valence-electron chi connectivity index (χ3n) is 3.82. The van der Waals surface area contributed by atoms with E-state index in [0.717, 1.165) is 12.0 Å². The normalized spacial score (nSPS) is 21.2. The highest BCUT2D eigenvalue weighted by molar-refractivity contribution is 6.01. The Morgan fingerprint density at radius 2 is 1.89 bits per heavy atom. The Morgan fingerprint density at radius 3 is 2.63 bits per heavy atom. The van der Waals surface area contributed by atoms with Gasteiger partial charge in [-0.25, -0.2) is 4.39 Å². The molecular weight excluding hydrogens is 239 g/mol. The Balaban J connectivity index is 1.82. The van der Waals surface area contributed by atoms with Gasteiger partial charge in [-0.1, -0.05) is 36.4 Å². The summed E-state index contributed by atoms with van der Waals surface area (Å²) in [5.74, 6) is 0.0518. The third kappa shape index (κ3) is 2.30. The minimum atomic E-state index is -0.342. The minimum absolute atomic E-state index is 0.0166. The molecule has 2 aromatic rings. The molecule has 1 saturated carbocycles. The van der Waals surface area contributed by atoms with Gasteiger partial charge in [0.25, 0.3) is 0 Å². The molecule has 1 nitrogen and oxygen atoms in total. The van der Waals surface area contributed by atoms with Crippen LogP contribution in [0.25, 0.3) is 0 Å². The maximum atomic E-state index is 13.3. The van der Waals surface area contributed by atoms with Crippen molar-refractivity contribution in [2.45, 2.75) is 19.3 Å². The number of hydrogen-bond donors (Lipinski definition) is 0. The monoisotopic (exact) mass is 254 g/mol. The highest BCUT2D eigenvalue weighted by Gasteiger charge is 2.44. The number of hydrogen-bond acceptors (Lipinski definition) is 1. The van der Waals surface area contributed by atoms with Crippen LogP contribution in [0.3, 0.4) is 0 Å². The number of carbonyl (C=O) groups is 1. The summed E-state index contributed by atoms with van der Waals surface area (Å²) >= 11 is 0. The molecule has 19 heavy (non-hydrogen) atoms. The molecule has 2 atom stereocenters. The van der Waals surface area contributed by atoms with Crippen LogP contribution in [-0.4, -0.2) is 5.78 Å². The molecule has 0 radical (unpaired) electrons. The van der Waals surface area contributed by atoms with Crippen molar-refractivity contribution in [2.24, 2.45) is 5.92 Å². The van der Waals surface area contributed by atoms with Gasteiger partial charge in [-0.15, -0.1) is 0 Å². The van der Waals surface area contributed by atoms with E-state index >= 15 is 0 Å². The molecule has 2 heteroatoms. The summed E-state index contributed by atoms with van der Waals surface area (Å²) in [5, 5.41) is 0. The Labute approximate surface area is 112 Å². The molecule has 0 saturated heterocycles. The van der Waals surface area contributed by atoms with Crippen LogP contribution < -0.4 is 0 Å². The second-order valence-corrected chi connectivity index (χ2v) is 5.18. The fraction of sp³-hybridized carbons (Fsp3) is 0.235. The van der Waals surface area contributed by atoms with E-state index in [1.54, 1.807) is 6.07 Å². The van der Waals surface area contributed by atoms with E-state index < -0.39 is 0 Å². The van der Waals surface area contributed by atoms with E-state index in [-0.39, 0.29) is 17.5 Å². The van der Waals surface area contributed by atoms with Gasteiger partial charge in [0.2, 0.25) is 0 Å². The number of aryl methyl sites for hydroxylation is 1. The molecule has 3 rings (SSSR count). The summed E-state index contributed by atoms with van der Waals surface area (Å²) in [5.41, 5.74) is 2.59. The molecule has 1 aliphatic carbocycles. The molecular formula is C17H15FO. The number of Topliss-reactive ketones (excluding diaryl/α,β-unsaturated/α-hetero) is 1. The van der Waals surface area contributed by atoms with E-state index in [4.69, 9.17) is 0 Å². The summed E-state index contributed by atoms with van der Waals surface area (Å²) in [7, 11) is 0. The van der Waals surface area contributed by atoms with Crippen LogP contribution in [0, 0.1) is 18.7 Å². The number of halogens is 1. The maximum Gasteiger partial charge on any atom is 0.166 e. The van der Waals surface area contributed by atoms with Gasteiger partial charge in [0.1, 0.15) is 5.82 Å². The lowest BCUT2D eigenvalue weighted by molar-refractivity contribution is 0.0964. The Bertz CT molecular complexity index is 618. The van der Waals surface area contributed by atoms with Gasteiger partial charge in [0, 0.05) is 11.5 Å². The first-order chi connectivity index (χ1) is 9.16. The van der Waals surface area contributed by atoms with Crippen molar-refractivity contribution in [3.63, 3.8) is 0 Å². The van der Waals surface area contributed by atoms with Crippen LogP contribution in [0.2, 0.25) is 0 Å². The van der Waals surface area contributed by atoms with Gasteiger partial charge < -0.3 is 0 Å². The van der Waals surface area contributed by atoms with Crippen molar-refractivity contribution >= 4 is 5.78 Å². The minimum Gasteiger partial charge on any atom is -0.294 e. The van der Waals surface area contributed by atoms with Crippen LogP contribution in [0.1, 0.15) is 33.8 Å². The molecule has 0 spiro atoms. The quantitative estimate of drug-likeness (QED) is 0.753. The van der Waals surface area contributed by atoms with E-state index in [0.29, 0.717) is 11.5 Å². The Hall–Kier alpha value is -1.96. The zero-order valence-corrected chi connectivity index (χ0v) is 10.8. The van der Waals surface area contributed by atoms with Crippen LogP contribution in [-0.2, 0) is 0 Å². The molecule has 96 valence electrons. The predicted molar refractivity (Wildman–Crippen MR) is 72.8 cm³/mol. The maximum absolute atomic E-state index is 13.3. The molecule has 0 bridgehead atoms. The van der Waals surface area contributed by atoms with Crippen LogP contribution >= 0.6 is 0 Å². The Morgan fingerprint density at radius 1 is 1.16 bits per heavy atom. The first-order valence-corrected chi connectivity index (χ1v) is 6.52. The lowest BCUT2D eigenvalue weighted by atomic mass is 9.99. The van der Waals surface area contributed by atoms with Gasteiger partial charge in [0.05, 0.1) is 0 Å². The predicted octanol–water partition coefficient (Wildman–Crippen LogP) is 4.12. The number of ketones is 1. The van der Waals surface area contributed by atoms with Gasteiger partial charge in [-0.2, -0.15) is 0 Å². The molecule has 0 aromatic heterocycles. The van der Waals surface area contributed by atoms with Crippen LogP contribution in [0.15, 0.2) is 48.5 Å². The van der Waals surface area contributed by atoms with Crippen molar-refractivity contribution in [2.75, 3.05) is 0 Å². The SMILES string of the molecule is Cc1ccc(F)cc1C(=O)C1CC1c1ccccc1. The number of rotatable bonds is 3. The fourth-order valence-corrected chi connectivity index (χ4v) is 2.61. The molecule has 1 aliphatic rings. The van der Waals surface area contributed by atoms with Crippen molar-refractivity contribution in [3.8, 4) is 0 Å². The average molecular weight is 254 g/mol. The smallest absolute Gasteiger partial charge is 0.166 e. The molecule has 0 aliphatic heterocycles. The molecule has 2 aromatic carbocycles. The van der Waals surface area contributed by atoms with E-state index in [1.807, 2.05) is 25.1 Å². The van der Waals surface area contributed by atoms with Gasteiger partial charge in [-0.3, -0.25) is 4.79 Å². The van der Waals surface area contributed by atoms with Crippen molar-refractivity contribution in [1.82, 2.24) is 0 Å². The van der Waals surface area contributed by atoms with E-state index in [1.165, 1.54) is 17.7 Å². The molecule has 0 amide bonds. The summed E-state index contributed by atoms with van der Waals surface area (Å²) < 4.78 is 13.3. The molecule has 2 unspecified atom stereocenters. The van der Waals surface area contributed by atoms with Crippen molar-refractivity contribution < 1.29 is 9.18 Å². The molecule has 1 fully saturated rings. The lowest BCUT2D eigenvalue weighted by Gasteiger charge is -2.05. The largest absolute Gasteiger partial charge is 0.294 e. The Kier molecular flexibility index (Phi) is 2.94. The second kappa shape index (κ2) is 4.61. The first-order valence-electron chi connectivity index (χ1n) is 6.52. The second-order valence-electron chi connectivity index (χ2n) is 5.18. The van der Waals surface area contributed by atoms with Gasteiger partial charge in [0.15, 0.2) is 5.78 Å². The van der Waals surface area contributed by atoms with Gasteiger partial charge in [-0.05, 0) is 42.5 Å². The third-order valence-corrected chi connectivity index (χ3v) is 3.82. The lowest BCUT2D eigenvalue weighted by Crippen LogP contribution is -2.06. The van der Waals surface area contributed by atoms with Crippen molar-refractivity contribution in [1.29, 1.82) is 0 Å². The highest BCUT2D eigenvalue weighted by atomic mass is 19.1. The summed E-state index contributed by atoms with van der Waals surface area (Å²) in [6, 6.07) is 14.5.